The molecule has 1 amide bonds. The molecule has 5 nitrogen and oxygen atoms in total. The van der Waals surface area contributed by atoms with Crippen molar-refractivity contribution in [3.63, 3.8) is 0 Å². The summed E-state index contributed by atoms with van der Waals surface area (Å²) in [5.74, 6) is 0.884. The van der Waals surface area contributed by atoms with Crippen LogP contribution in [-0.2, 0) is 16.8 Å². The van der Waals surface area contributed by atoms with Gasteiger partial charge in [-0.1, -0.05) is 23.7 Å². The van der Waals surface area contributed by atoms with Gasteiger partial charge < -0.3 is 10.6 Å². The van der Waals surface area contributed by atoms with Gasteiger partial charge in [-0.15, -0.1) is 0 Å². The molecule has 1 aliphatic heterocycles. The van der Waals surface area contributed by atoms with Crippen LogP contribution in [0, 0.1) is 11.8 Å². The number of carbonyl (C=O) groups is 1. The largest absolute Gasteiger partial charge is 0.338 e. The number of rotatable bonds is 5. The minimum atomic E-state index is -0.0124. The van der Waals surface area contributed by atoms with Crippen molar-refractivity contribution in [1.29, 1.82) is 0 Å². The fourth-order valence-corrected chi connectivity index (χ4v) is 5.41. The Hall–Kier alpha value is -1.98. The lowest BCUT2D eigenvalue weighted by molar-refractivity contribution is -0.142. The number of aromatic nitrogens is 2. The Kier molecular flexibility index (Phi) is 6.16. The van der Waals surface area contributed by atoms with Gasteiger partial charge in [-0.3, -0.25) is 4.79 Å². The average molecular weight is 413 g/mol. The van der Waals surface area contributed by atoms with Crippen LogP contribution in [0.2, 0.25) is 5.02 Å². The van der Waals surface area contributed by atoms with E-state index in [1.54, 1.807) is 12.4 Å². The second kappa shape index (κ2) is 8.80. The quantitative estimate of drug-likeness (QED) is 0.806. The van der Waals surface area contributed by atoms with Crippen LogP contribution in [-0.4, -0.2) is 34.1 Å². The maximum atomic E-state index is 13.2. The maximum Gasteiger partial charge on any atom is 0.226 e. The summed E-state index contributed by atoms with van der Waals surface area (Å²) in [4.78, 5) is 15.2. The Balaban J connectivity index is 1.43. The van der Waals surface area contributed by atoms with Gasteiger partial charge in [0.2, 0.25) is 5.91 Å². The highest BCUT2D eigenvalue weighted by Gasteiger charge is 2.41. The van der Waals surface area contributed by atoms with Gasteiger partial charge in [0.25, 0.3) is 0 Å². The molecule has 1 saturated heterocycles. The third-order valence-electron chi connectivity index (χ3n) is 6.98. The van der Waals surface area contributed by atoms with Gasteiger partial charge in [-0.05, 0) is 73.8 Å². The predicted octanol–water partition coefficient (Wildman–Crippen LogP) is 3.96. The Labute approximate surface area is 177 Å². The molecule has 2 N–H and O–H groups in total. The molecule has 29 heavy (non-hydrogen) atoms. The zero-order chi connectivity index (χ0) is 20.3. The van der Waals surface area contributed by atoms with E-state index >= 15 is 0 Å². The van der Waals surface area contributed by atoms with Crippen LogP contribution in [0.5, 0.6) is 0 Å². The third kappa shape index (κ3) is 4.31. The van der Waals surface area contributed by atoms with E-state index in [2.05, 4.69) is 22.3 Å². The summed E-state index contributed by atoms with van der Waals surface area (Å²) in [7, 11) is 0. The fraction of sp³-hybridized carbons (Fsp3) is 0.522. The number of piperidine rings is 1. The molecule has 0 radical (unpaired) electrons. The lowest BCUT2D eigenvalue weighted by Gasteiger charge is -2.44. The summed E-state index contributed by atoms with van der Waals surface area (Å²) >= 11 is 6.24. The van der Waals surface area contributed by atoms with Crippen molar-refractivity contribution in [3.05, 3.63) is 58.9 Å². The lowest BCUT2D eigenvalue weighted by atomic mass is 9.63. The smallest absolute Gasteiger partial charge is 0.226 e. The predicted molar refractivity (Wildman–Crippen MR) is 114 cm³/mol. The molecule has 1 aromatic heterocycles. The van der Waals surface area contributed by atoms with Crippen LogP contribution in [0.25, 0.3) is 0 Å². The second-order valence-corrected chi connectivity index (χ2v) is 9.03. The molecule has 1 aliphatic carbocycles. The Morgan fingerprint density at radius 1 is 1.17 bits per heavy atom. The molecule has 4 rings (SSSR count). The highest BCUT2D eigenvalue weighted by atomic mass is 35.5. The number of hydrogen-bond donors (Lipinski definition) is 1. The van der Waals surface area contributed by atoms with Crippen LogP contribution in [0.4, 0.5) is 0 Å². The van der Waals surface area contributed by atoms with Crippen LogP contribution in [0.1, 0.15) is 49.7 Å². The molecule has 2 aromatic rings. The van der Waals surface area contributed by atoms with Crippen LogP contribution in [0.3, 0.4) is 0 Å². The van der Waals surface area contributed by atoms with Crippen molar-refractivity contribution < 1.29 is 4.79 Å². The Morgan fingerprint density at radius 2 is 2.00 bits per heavy atom. The van der Waals surface area contributed by atoms with Crippen molar-refractivity contribution in [1.82, 2.24) is 15.1 Å². The van der Waals surface area contributed by atoms with Crippen LogP contribution in [0.15, 0.2) is 42.7 Å². The number of likely N-dealkylation sites (tertiary alicyclic amines) is 1. The number of halogens is 1. The summed E-state index contributed by atoms with van der Waals surface area (Å²) in [6.45, 7) is 2.09. The Bertz CT molecular complexity index is 836. The SMILES string of the molecule is NC[C@]1(c2cccc(Cl)c2)CC[C@H](C2CCCN(Cc3ccnnc3)C2=O)CC1. The van der Waals surface area contributed by atoms with E-state index in [9.17, 15) is 4.79 Å². The molecular formula is C23H29ClN4O. The molecular weight excluding hydrogens is 384 g/mol. The first-order valence-corrected chi connectivity index (χ1v) is 11.0. The fourth-order valence-electron chi connectivity index (χ4n) is 5.22. The van der Waals surface area contributed by atoms with E-state index < -0.39 is 0 Å². The third-order valence-corrected chi connectivity index (χ3v) is 7.21. The molecule has 1 unspecified atom stereocenters. The van der Waals surface area contributed by atoms with Gasteiger partial charge in [-0.25, -0.2) is 0 Å². The van der Waals surface area contributed by atoms with Gasteiger partial charge in [0, 0.05) is 42.2 Å². The van der Waals surface area contributed by atoms with Crippen molar-refractivity contribution >= 4 is 17.5 Å². The van der Waals surface area contributed by atoms with E-state index in [0.29, 0.717) is 24.9 Å². The van der Waals surface area contributed by atoms with Crippen molar-refractivity contribution in [2.75, 3.05) is 13.1 Å². The summed E-state index contributed by atoms with van der Waals surface area (Å²) in [6, 6.07) is 10.1. The molecule has 154 valence electrons. The van der Waals surface area contributed by atoms with Crippen molar-refractivity contribution in [2.24, 2.45) is 17.6 Å². The summed E-state index contributed by atoms with van der Waals surface area (Å²) in [5, 5.41) is 8.53. The monoisotopic (exact) mass is 412 g/mol. The number of nitrogens with zero attached hydrogens (tertiary/aromatic N) is 3. The number of hydrogen-bond acceptors (Lipinski definition) is 4. The normalized spacial score (nSPS) is 27.8. The first kappa shape index (κ1) is 20.3. The van der Waals surface area contributed by atoms with Crippen LogP contribution >= 0.6 is 11.6 Å². The molecule has 2 fully saturated rings. The first-order chi connectivity index (χ1) is 14.1. The van der Waals surface area contributed by atoms with E-state index in [-0.39, 0.29) is 11.3 Å². The summed E-state index contributed by atoms with van der Waals surface area (Å²) < 4.78 is 0. The lowest BCUT2D eigenvalue weighted by Crippen LogP contribution is -2.46. The minimum Gasteiger partial charge on any atom is -0.338 e. The molecule has 2 aliphatic rings. The summed E-state index contributed by atoms with van der Waals surface area (Å²) in [5.41, 5.74) is 8.52. The van der Waals surface area contributed by atoms with Gasteiger partial charge in [0.15, 0.2) is 0 Å². The van der Waals surface area contributed by atoms with E-state index in [4.69, 9.17) is 17.3 Å². The average Bonchev–Trinajstić information content (AvgIpc) is 2.76. The highest BCUT2D eigenvalue weighted by molar-refractivity contribution is 6.30. The number of benzene rings is 1. The van der Waals surface area contributed by atoms with Gasteiger partial charge in [-0.2, -0.15) is 10.2 Å². The molecule has 1 aromatic carbocycles. The molecule has 0 bridgehead atoms. The number of nitrogens with two attached hydrogens (primary N) is 1. The van der Waals surface area contributed by atoms with Gasteiger partial charge >= 0.3 is 0 Å². The topological polar surface area (TPSA) is 72.1 Å². The standard InChI is InChI=1S/C23H29ClN4O/c24-20-4-1-3-19(13-20)23(16-25)9-6-18(7-10-23)21-5-2-12-28(22(21)29)15-17-8-11-26-27-14-17/h1,3-4,8,11,13-14,18,21H,2,5-7,9-10,12,15-16,25H2/t18-,21?,23-. The molecule has 2 heterocycles. The molecule has 0 spiro atoms. The zero-order valence-corrected chi connectivity index (χ0v) is 17.5. The van der Waals surface area contributed by atoms with E-state index in [0.717, 1.165) is 55.7 Å². The zero-order valence-electron chi connectivity index (χ0n) is 16.8. The van der Waals surface area contributed by atoms with E-state index in [1.165, 1.54) is 5.56 Å². The minimum absolute atomic E-state index is 0.0124. The van der Waals surface area contributed by atoms with Crippen LogP contribution < -0.4 is 5.73 Å². The van der Waals surface area contributed by atoms with Gasteiger partial charge in [0.05, 0.1) is 6.20 Å². The molecule has 1 atom stereocenters. The van der Waals surface area contributed by atoms with Crippen molar-refractivity contribution in [2.45, 2.75) is 50.5 Å². The summed E-state index contributed by atoms with van der Waals surface area (Å²) in [6.07, 6.45) is 9.64. The van der Waals surface area contributed by atoms with Gasteiger partial charge in [0.1, 0.15) is 0 Å². The Morgan fingerprint density at radius 3 is 2.69 bits per heavy atom. The molecule has 6 heteroatoms. The first-order valence-electron chi connectivity index (χ1n) is 10.6. The number of carbonyl (C=O) groups excluding carboxylic acids is 1. The second-order valence-electron chi connectivity index (χ2n) is 8.59. The van der Waals surface area contributed by atoms with Crippen molar-refractivity contribution in [3.8, 4) is 0 Å². The highest BCUT2D eigenvalue weighted by Crippen LogP contribution is 2.45. The molecule has 1 saturated carbocycles. The maximum absolute atomic E-state index is 13.2. The number of amides is 1. The van der Waals surface area contributed by atoms with E-state index in [1.807, 2.05) is 23.1 Å².